The molecule has 114 valence electrons. The maximum absolute atomic E-state index is 11.5. The number of hydrogen-bond acceptors (Lipinski definition) is 2. The van der Waals surface area contributed by atoms with Gasteiger partial charge in [-0.3, -0.25) is 4.79 Å². The molecule has 21 heavy (non-hydrogen) atoms. The normalized spacial score (nSPS) is 19.4. The van der Waals surface area contributed by atoms with Crippen LogP contribution >= 0.6 is 0 Å². The molecule has 0 aliphatic carbocycles. The summed E-state index contributed by atoms with van der Waals surface area (Å²) in [5.74, 6) is -0.00463. The fourth-order valence-electron chi connectivity index (χ4n) is 2.11. The van der Waals surface area contributed by atoms with Gasteiger partial charge in [0.25, 0.3) is 5.91 Å². The average Bonchev–Trinajstić information content (AvgIpc) is 2.78. The number of carbonyl (C=O) groups excluding carboxylic acids is 2. The molecule has 1 atom stereocenters. The van der Waals surface area contributed by atoms with Gasteiger partial charge in [-0.2, -0.15) is 0 Å². The lowest BCUT2D eigenvalue weighted by Crippen LogP contribution is -2.47. The number of likely N-dealkylation sites (N-methyl/N-ethyl adjacent to an activating group) is 1. The first-order chi connectivity index (χ1) is 10.1. The van der Waals surface area contributed by atoms with Crippen molar-refractivity contribution in [2.45, 2.75) is 26.8 Å². The zero-order valence-corrected chi connectivity index (χ0v) is 13.0. The Morgan fingerprint density at radius 1 is 1.05 bits per heavy atom. The summed E-state index contributed by atoms with van der Waals surface area (Å²) in [6, 6.07) is 11.6. The van der Waals surface area contributed by atoms with Crippen LogP contribution in [0.25, 0.3) is 0 Å². The highest BCUT2D eigenvalue weighted by molar-refractivity contribution is 6.00. The van der Waals surface area contributed by atoms with Crippen LogP contribution in [0.4, 0.5) is 4.79 Å². The largest absolute Gasteiger partial charge is 0.336 e. The van der Waals surface area contributed by atoms with E-state index in [9.17, 15) is 9.59 Å². The monoisotopic (exact) mass is 289 g/mol. The molecule has 3 rings (SSSR count). The van der Waals surface area contributed by atoms with Gasteiger partial charge in [-0.1, -0.05) is 50.2 Å². The Morgan fingerprint density at radius 2 is 1.52 bits per heavy atom. The van der Waals surface area contributed by atoms with Gasteiger partial charge in [0.1, 0.15) is 0 Å². The Hall–Kier alpha value is -2.30. The highest BCUT2D eigenvalue weighted by atomic mass is 16.2. The summed E-state index contributed by atoms with van der Waals surface area (Å²) in [5.41, 5.74) is 1.42. The summed E-state index contributed by atoms with van der Waals surface area (Å²) in [6.07, 6.45) is 0. The van der Waals surface area contributed by atoms with Crippen LogP contribution in [0.2, 0.25) is 0 Å². The maximum Gasteiger partial charge on any atom is 0.319 e. The third-order valence-electron chi connectivity index (χ3n) is 3.01. The Morgan fingerprint density at radius 3 is 2.00 bits per heavy atom. The van der Waals surface area contributed by atoms with Gasteiger partial charge in [0, 0.05) is 12.7 Å². The standard InChI is InChI=1S/C8H11N3O2.C6H6.C2H6/c1-4-6-5(10-8(13)9-4)3-11(2)7(6)12;1-2-4-6-5-3-1;1-2/h4H,3H2,1-2H3,(H2,9,10,13);1-6H;1-2H3. The van der Waals surface area contributed by atoms with E-state index in [1.807, 2.05) is 57.2 Å². The average molecular weight is 289 g/mol. The van der Waals surface area contributed by atoms with Crippen molar-refractivity contribution in [3.8, 4) is 0 Å². The van der Waals surface area contributed by atoms with Crippen molar-refractivity contribution in [2.24, 2.45) is 0 Å². The smallest absolute Gasteiger partial charge is 0.319 e. The summed E-state index contributed by atoms with van der Waals surface area (Å²) >= 11 is 0. The van der Waals surface area contributed by atoms with Crippen LogP contribution in [0.5, 0.6) is 0 Å². The third-order valence-corrected chi connectivity index (χ3v) is 3.01. The molecule has 0 saturated heterocycles. The minimum Gasteiger partial charge on any atom is -0.336 e. The second-order valence-corrected chi connectivity index (χ2v) is 4.53. The quantitative estimate of drug-likeness (QED) is 0.768. The molecule has 0 bridgehead atoms. The van der Waals surface area contributed by atoms with Crippen molar-refractivity contribution < 1.29 is 9.59 Å². The Balaban J connectivity index is 0.000000231. The molecular formula is C16H23N3O2. The van der Waals surface area contributed by atoms with Crippen LogP contribution in [0.3, 0.4) is 0 Å². The van der Waals surface area contributed by atoms with Gasteiger partial charge < -0.3 is 15.5 Å². The summed E-state index contributed by atoms with van der Waals surface area (Å²) in [6.45, 7) is 6.32. The molecule has 0 saturated carbocycles. The minimum absolute atomic E-state index is 0.00463. The van der Waals surface area contributed by atoms with E-state index in [-0.39, 0.29) is 18.0 Å². The lowest BCUT2D eigenvalue weighted by molar-refractivity contribution is -0.124. The van der Waals surface area contributed by atoms with Gasteiger partial charge in [0.2, 0.25) is 0 Å². The number of nitrogens with zero attached hydrogens (tertiary/aromatic N) is 1. The van der Waals surface area contributed by atoms with Crippen LogP contribution < -0.4 is 10.6 Å². The van der Waals surface area contributed by atoms with Crippen LogP contribution in [0, 0.1) is 0 Å². The first-order valence-corrected chi connectivity index (χ1v) is 7.15. The molecule has 0 radical (unpaired) electrons. The Bertz CT molecular complexity index is 485. The fraction of sp³-hybridized carbons (Fsp3) is 0.375. The molecule has 2 N–H and O–H groups in total. The van der Waals surface area contributed by atoms with Crippen molar-refractivity contribution >= 4 is 11.9 Å². The summed E-state index contributed by atoms with van der Waals surface area (Å²) in [4.78, 5) is 24.2. The molecule has 1 unspecified atom stereocenters. The predicted octanol–water partition coefficient (Wildman–Crippen LogP) is 2.13. The summed E-state index contributed by atoms with van der Waals surface area (Å²) in [5, 5.41) is 5.28. The second kappa shape index (κ2) is 8.09. The number of hydrogen-bond donors (Lipinski definition) is 2. The maximum atomic E-state index is 11.5. The molecule has 2 aliphatic heterocycles. The fourth-order valence-corrected chi connectivity index (χ4v) is 2.11. The zero-order valence-electron chi connectivity index (χ0n) is 13.0. The van der Waals surface area contributed by atoms with Crippen LogP contribution in [-0.4, -0.2) is 36.5 Å². The SMILES string of the molecule is CC.CC1NC(=O)NC2=C1C(=O)N(C)C2.c1ccccc1. The molecule has 2 aliphatic rings. The number of carbonyl (C=O) groups is 2. The molecule has 1 aromatic carbocycles. The van der Waals surface area contributed by atoms with E-state index in [1.54, 1.807) is 11.9 Å². The van der Waals surface area contributed by atoms with E-state index in [4.69, 9.17) is 0 Å². The van der Waals surface area contributed by atoms with Gasteiger partial charge in [0.15, 0.2) is 0 Å². The number of amides is 3. The molecular weight excluding hydrogens is 266 g/mol. The van der Waals surface area contributed by atoms with E-state index in [0.717, 1.165) is 5.70 Å². The Labute approximate surface area is 126 Å². The van der Waals surface area contributed by atoms with Gasteiger partial charge in [-0.25, -0.2) is 4.79 Å². The van der Waals surface area contributed by atoms with Crippen LogP contribution in [0.15, 0.2) is 47.7 Å². The Kier molecular flexibility index (Phi) is 6.46. The van der Waals surface area contributed by atoms with Crippen LogP contribution in [0.1, 0.15) is 20.8 Å². The van der Waals surface area contributed by atoms with Gasteiger partial charge in [0.05, 0.1) is 18.2 Å². The van der Waals surface area contributed by atoms with Crippen LogP contribution in [-0.2, 0) is 4.79 Å². The molecule has 0 spiro atoms. The van der Waals surface area contributed by atoms with Crippen molar-refractivity contribution in [1.29, 1.82) is 0 Å². The van der Waals surface area contributed by atoms with Crippen molar-refractivity contribution in [1.82, 2.24) is 15.5 Å². The van der Waals surface area contributed by atoms with Crippen molar-refractivity contribution in [2.75, 3.05) is 13.6 Å². The molecule has 0 aromatic heterocycles. The highest BCUT2D eigenvalue weighted by Gasteiger charge is 2.35. The lowest BCUT2D eigenvalue weighted by atomic mass is 10.1. The number of nitrogens with one attached hydrogen (secondary N) is 2. The topological polar surface area (TPSA) is 61.4 Å². The minimum atomic E-state index is -0.227. The highest BCUT2D eigenvalue weighted by Crippen LogP contribution is 2.21. The predicted molar refractivity (Wildman–Crippen MR) is 83.6 cm³/mol. The summed E-state index contributed by atoms with van der Waals surface area (Å²) < 4.78 is 0. The van der Waals surface area contributed by atoms with Crippen molar-refractivity contribution in [3.05, 3.63) is 47.7 Å². The van der Waals surface area contributed by atoms with Gasteiger partial charge in [-0.05, 0) is 6.92 Å². The van der Waals surface area contributed by atoms with E-state index < -0.39 is 0 Å². The number of benzene rings is 1. The number of urea groups is 1. The van der Waals surface area contributed by atoms with Gasteiger partial charge in [-0.15, -0.1) is 0 Å². The van der Waals surface area contributed by atoms with E-state index in [1.165, 1.54) is 0 Å². The first-order valence-electron chi connectivity index (χ1n) is 7.15. The molecule has 5 heteroatoms. The third kappa shape index (κ3) is 4.34. The molecule has 1 aromatic rings. The molecule has 0 fully saturated rings. The zero-order chi connectivity index (χ0) is 15.8. The van der Waals surface area contributed by atoms with Gasteiger partial charge >= 0.3 is 6.03 Å². The lowest BCUT2D eigenvalue weighted by Gasteiger charge is -2.21. The van der Waals surface area contributed by atoms with Crippen molar-refractivity contribution in [3.63, 3.8) is 0 Å². The molecule has 3 amide bonds. The van der Waals surface area contributed by atoms with E-state index in [2.05, 4.69) is 10.6 Å². The number of rotatable bonds is 0. The summed E-state index contributed by atoms with van der Waals surface area (Å²) in [7, 11) is 1.72. The second-order valence-electron chi connectivity index (χ2n) is 4.53. The molecule has 5 nitrogen and oxygen atoms in total. The van der Waals surface area contributed by atoms with E-state index >= 15 is 0 Å². The molecule has 2 heterocycles. The first kappa shape index (κ1) is 16.8. The van der Waals surface area contributed by atoms with E-state index in [0.29, 0.717) is 12.1 Å².